The van der Waals surface area contributed by atoms with Gasteiger partial charge in [-0.1, -0.05) is 69.5 Å². The van der Waals surface area contributed by atoms with E-state index in [4.69, 9.17) is 4.74 Å². The van der Waals surface area contributed by atoms with Gasteiger partial charge in [0.25, 0.3) is 0 Å². The minimum absolute atomic E-state index is 0.0554. The van der Waals surface area contributed by atoms with Crippen LogP contribution in [0.15, 0.2) is 55.3 Å². The lowest BCUT2D eigenvalue weighted by molar-refractivity contribution is -0.129. The van der Waals surface area contributed by atoms with Crippen molar-refractivity contribution >= 4 is 11.5 Å². The van der Waals surface area contributed by atoms with Crippen molar-refractivity contribution in [3.05, 3.63) is 66.5 Å². The van der Waals surface area contributed by atoms with Crippen LogP contribution in [0, 0.1) is 0 Å². The Morgan fingerprint density at radius 2 is 1.88 bits per heavy atom. The first kappa shape index (κ1) is 26.3. The fourth-order valence-electron chi connectivity index (χ4n) is 4.07. The molecule has 2 aromatic rings. The summed E-state index contributed by atoms with van der Waals surface area (Å²) < 4.78 is 7.82. The molecule has 6 nitrogen and oxygen atoms in total. The maximum atomic E-state index is 13.0. The third-order valence-electron chi connectivity index (χ3n) is 5.39. The van der Waals surface area contributed by atoms with Gasteiger partial charge in [-0.2, -0.15) is 0 Å². The smallest absolute Gasteiger partial charge is 0.227 e. The van der Waals surface area contributed by atoms with Gasteiger partial charge in [0.1, 0.15) is 5.69 Å². The Morgan fingerprint density at radius 1 is 1.18 bits per heavy atom. The summed E-state index contributed by atoms with van der Waals surface area (Å²) in [5, 5.41) is 9.02. The Bertz CT molecular complexity index is 1020. The molecular formula is C27H38N4O2. The Kier molecular flexibility index (Phi) is 9.35. The standard InChI is InChI=1S/C25H32N4O2.C2H6/c1-7-13-22(30)28-16-18-14-11-12-15-20(18)24-23(19(8-2)21(28)9-3)26-27-29(24)17-25(5,6)31-10-4;1-2/h8-9,11-12,14-15H,2-3,7,10,13,16-17H2,1,4-6H3;1-2H3/b21-19-;. The first-order chi connectivity index (χ1) is 15.9. The number of hydrogen-bond acceptors (Lipinski definition) is 4. The first-order valence-corrected chi connectivity index (χ1v) is 11.8. The molecule has 0 radical (unpaired) electrons. The van der Waals surface area contributed by atoms with Gasteiger partial charge in [0, 0.05) is 24.2 Å². The van der Waals surface area contributed by atoms with Crippen LogP contribution in [-0.2, 0) is 22.6 Å². The average molecular weight is 451 g/mol. The molecule has 0 bridgehead atoms. The lowest BCUT2D eigenvalue weighted by Gasteiger charge is -2.30. The molecule has 33 heavy (non-hydrogen) atoms. The Morgan fingerprint density at radius 3 is 2.48 bits per heavy atom. The number of aromatic nitrogens is 3. The van der Waals surface area contributed by atoms with Crippen molar-refractivity contribution in [2.45, 2.75) is 73.1 Å². The summed E-state index contributed by atoms with van der Waals surface area (Å²) in [5.41, 5.74) is 4.69. The van der Waals surface area contributed by atoms with Crippen LogP contribution < -0.4 is 0 Å². The van der Waals surface area contributed by atoms with Crippen molar-refractivity contribution in [1.82, 2.24) is 19.9 Å². The van der Waals surface area contributed by atoms with Crippen LogP contribution in [0.25, 0.3) is 16.8 Å². The lowest BCUT2D eigenvalue weighted by atomic mass is 9.95. The van der Waals surface area contributed by atoms with Gasteiger partial charge < -0.3 is 9.64 Å². The maximum absolute atomic E-state index is 13.0. The molecule has 0 aliphatic carbocycles. The van der Waals surface area contributed by atoms with E-state index in [0.29, 0.717) is 37.5 Å². The molecule has 0 N–H and O–H groups in total. The molecule has 178 valence electrons. The third-order valence-corrected chi connectivity index (χ3v) is 5.39. The molecule has 1 aromatic heterocycles. The highest BCUT2D eigenvalue weighted by atomic mass is 16.5. The van der Waals surface area contributed by atoms with Gasteiger partial charge in [-0.15, -0.1) is 5.10 Å². The van der Waals surface area contributed by atoms with Crippen LogP contribution in [0.2, 0.25) is 0 Å². The van der Waals surface area contributed by atoms with Crippen LogP contribution in [-0.4, -0.2) is 38.0 Å². The van der Waals surface area contributed by atoms with E-state index in [9.17, 15) is 4.79 Å². The highest BCUT2D eigenvalue weighted by molar-refractivity contribution is 5.90. The van der Waals surface area contributed by atoms with Gasteiger partial charge in [0.05, 0.1) is 30.1 Å². The van der Waals surface area contributed by atoms with Gasteiger partial charge in [0.15, 0.2) is 0 Å². The number of carbonyl (C=O) groups excluding carboxylic acids is 1. The number of hydrogen-bond donors (Lipinski definition) is 0. The fourth-order valence-corrected chi connectivity index (χ4v) is 4.07. The Labute approximate surface area is 198 Å². The van der Waals surface area contributed by atoms with Crippen molar-refractivity contribution in [1.29, 1.82) is 0 Å². The number of nitrogens with zero attached hydrogens (tertiary/aromatic N) is 4. The monoisotopic (exact) mass is 450 g/mol. The summed E-state index contributed by atoms with van der Waals surface area (Å²) in [6, 6.07) is 8.10. The molecule has 1 amide bonds. The van der Waals surface area contributed by atoms with E-state index in [2.05, 4.69) is 35.6 Å². The van der Waals surface area contributed by atoms with E-state index < -0.39 is 5.60 Å². The molecule has 1 aromatic carbocycles. The molecule has 0 spiro atoms. The predicted octanol–water partition coefficient (Wildman–Crippen LogP) is 6.01. The normalized spacial score (nSPS) is 15.4. The van der Waals surface area contributed by atoms with E-state index in [1.807, 2.05) is 58.4 Å². The number of benzene rings is 1. The first-order valence-electron chi connectivity index (χ1n) is 11.8. The number of fused-ring (bicyclic) bond motifs is 3. The maximum Gasteiger partial charge on any atom is 0.227 e. The van der Waals surface area contributed by atoms with Crippen molar-refractivity contribution in [2.24, 2.45) is 0 Å². The predicted molar refractivity (Wildman–Crippen MR) is 135 cm³/mol. The summed E-state index contributed by atoms with van der Waals surface area (Å²) in [6.45, 7) is 21.7. The van der Waals surface area contributed by atoms with Crippen LogP contribution >= 0.6 is 0 Å². The zero-order valence-electron chi connectivity index (χ0n) is 21.0. The Balaban J connectivity index is 0.00000187. The molecule has 1 aliphatic heterocycles. The van der Waals surface area contributed by atoms with E-state index in [1.54, 1.807) is 17.1 Å². The highest BCUT2D eigenvalue weighted by Crippen LogP contribution is 2.37. The molecule has 0 saturated heterocycles. The van der Waals surface area contributed by atoms with Gasteiger partial charge in [-0.05, 0) is 38.8 Å². The van der Waals surface area contributed by atoms with E-state index in [1.165, 1.54) is 0 Å². The van der Waals surface area contributed by atoms with Crippen molar-refractivity contribution in [3.63, 3.8) is 0 Å². The molecule has 6 heteroatoms. The van der Waals surface area contributed by atoms with Gasteiger partial charge in [-0.25, -0.2) is 4.68 Å². The zero-order valence-corrected chi connectivity index (χ0v) is 21.0. The summed E-state index contributed by atoms with van der Waals surface area (Å²) in [5.74, 6) is 0.0554. The van der Waals surface area contributed by atoms with E-state index in [-0.39, 0.29) is 5.91 Å². The quantitative estimate of drug-likeness (QED) is 0.494. The lowest BCUT2D eigenvalue weighted by Crippen LogP contribution is -2.32. The van der Waals surface area contributed by atoms with Crippen LogP contribution in [0.1, 0.15) is 65.6 Å². The Hall–Kier alpha value is -2.99. The highest BCUT2D eigenvalue weighted by Gasteiger charge is 2.30. The number of amides is 1. The SMILES string of the molecule is C=C/C1=C(\C=C)N(C(=O)CCC)Cc2ccccc2-c2c1nnn2CC(C)(C)OCC.CC. The minimum atomic E-state index is -0.407. The number of allylic oxidation sites excluding steroid dienone is 3. The summed E-state index contributed by atoms with van der Waals surface area (Å²) >= 11 is 0. The molecule has 0 saturated carbocycles. The van der Waals surface area contributed by atoms with Crippen molar-refractivity contribution < 1.29 is 9.53 Å². The zero-order chi connectivity index (χ0) is 24.6. The third kappa shape index (κ3) is 5.69. The van der Waals surface area contributed by atoms with Crippen LogP contribution in [0.3, 0.4) is 0 Å². The van der Waals surface area contributed by atoms with Gasteiger partial charge in [0.2, 0.25) is 5.91 Å². The molecular weight excluding hydrogens is 412 g/mol. The summed E-state index contributed by atoms with van der Waals surface area (Å²) in [4.78, 5) is 14.8. The molecule has 0 atom stereocenters. The number of rotatable bonds is 8. The van der Waals surface area contributed by atoms with Crippen molar-refractivity contribution in [2.75, 3.05) is 6.61 Å². The second-order valence-corrected chi connectivity index (χ2v) is 8.23. The second-order valence-electron chi connectivity index (χ2n) is 8.23. The fraction of sp³-hybridized carbons (Fsp3) is 0.444. The van der Waals surface area contributed by atoms with E-state index >= 15 is 0 Å². The molecule has 3 rings (SSSR count). The van der Waals surface area contributed by atoms with Crippen LogP contribution in [0.4, 0.5) is 0 Å². The second kappa shape index (κ2) is 11.8. The van der Waals surface area contributed by atoms with E-state index in [0.717, 1.165) is 28.8 Å². The van der Waals surface area contributed by atoms with Crippen LogP contribution in [0.5, 0.6) is 0 Å². The minimum Gasteiger partial charge on any atom is -0.374 e. The number of carbonyl (C=O) groups is 1. The van der Waals surface area contributed by atoms with Gasteiger partial charge in [-0.3, -0.25) is 4.79 Å². The molecule has 0 unspecified atom stereocenters. The molecule has 1 aliphatic rings. The molecule has 2 heterocycles. The largest absolute Gasteiger partial charge is 0.374 e. The summed E-state index contributed by atoms with van der Waals surface area (Å²) in [7, 11) is 0. The van der Waals surface area contributed by atoms with Crippen molar-refractivity contribution in [3.8, 4) is 11.3 Å². The molecule has 0 fully saturated rings. The van der Waals surface area contributed by atoms with Gasteiger partial charge >= 0.3 is 0 Å². The summed E-state index contributed by atoms with van der Waals surface area (Å²) in [6.07, 6.45) is 4.69. The topological polar surface area (TPSA) is 60.2 Å². The average Bonchev–Trinajstić information content (AvgIpc) is 3.18. The number of ether oxygens (including phenoxy) is 1.